The summed E-state index contributed by atoms with van der Waals surface area (Å²) in [6.45, 7) is 0.493. The second-order valence-corrected chi connectivity index (χ2v) is 2.69. The van der Waals surface area contributed by atoms with Crippen LogP contribution in [0.25, 0.3) is 0 Å². The van der Waals surface area contributed by atoms with Crippen molar-refractivity contribution < 1.29 is 9.47 Å². The van der Waals surface area contributed by atoms with E-state index in [1.54, 1.807) is 20.4 Å². The zero-order valence-electron chi connectivity index (χ0n) is 7.86. The Bertz CT molecular complexity index is 266. The van der Waals surface area contributed by atoms with Crippen molar-refractivity contribution in [2.75, 3.05) is 20.8 Å². The van der Waals surface area contributed by atoms with E-state index in [4.69, 9.17) is 15.2 Å². The van der Waals surface area contributed by atoms with E-state index in [0.717, 1.165) is 5.56 Å². The van der Waals surface area contributed by atoms with Gasteiger partial charge in [-0.3, -0.25) is 0 Å². The number of nitrogens with zero attached hydrogens (tertiary/aromatic N) is 1. The number of hydrogen-bond donors (Lipinski definition) is 1. The van der Waals surface area contributed by atoms with Gasteiger partial charge in [-0.1, -0.05) is 0 Å². The molecule has 0 aliphatic rings. The largest absolute Gasteiger partial charge is 0.481 e. The number of ether oxygens (including phenoxy) is 2. The van der Waals surface area contributed by atoms with E-state index in [1.807, 2.05) is 12.1 Å². The molecule has 0 amide bonds. The standard InChI is InChI=1S/C9H14N2O2/c1-12-6-8(10)7-3-4-11-9(5-7)13-2/h3-5,8H,6,10H2,1-2H3/t8-/m0/s1. The first-order valence-corrected chi connectivity index (χ1v) is 4.02. The van der Waals surface area contributed by atoms with Gasteiger partial charge in [0.25, 0.3) is 0 Å². The first kappa shape index (κ1) is 9.95. The van der Waals surface area contributed by atoms with Gasteiger partial charge < -0.3 is 15.2 Å². The van der Waals surface area contributed by atoms with Crippen LogP contribution in [0.15, 0.2) is 18.3 Å². The van der Waals surface area contributed by atoms with Crippen LogP contribution in [0.5, 0.6) is 5.88 Å². The summed E-state index contributed by atoms with van der Waals surface area (Å²) < 4.78 is 9.92. The third-order valence-corrected chi connectivity index (χ3v) is 1.74. The van der Waals surface area contributed by atoms with Crippen LogP contribution in [-0.4, -0.2) is 25.8 Å². The lowest BCUT2D eigenvalue weighted by Crippen LogP contribution is -2.16. The van der Waals surface area contributed by atoms with Gasteiger partial charge in [0, 0.05) is 19.4 Å². The summed E-state index contributed by atoms with van der Waals surface area (Å²) in [7, 11) is 3.20. The highest BCUT2D eigenvalue weighted by Gasteiger charge is 2.06. The van der Waals surface area contributed by atoms with E-state index in [-0.39, 0.29) is 6.04 Å². The zero-order valence-corrected chi connectivity index (χ0v) is 7.86. The van der Waals surface area contributed by atoms with E-state index in [9.17, 15) is 0 Å². The Kier molecular flexibility index (Phi) is 3.67. The molecule has 1 rings (SSSR count). The average Bonchev–Trinajstić information content (AvgIpc) is 2.18. The third kappa shape index (κ3) is 2.68. The molecule has 0 unspecified atom stereocenters. The second kappa shape index (κ2) is 4.79. The molecule has 0 bridgehead atoms. The maximum Gasteiger partial charge on any atom is 0.213 e. The second-order valence-electron chi connectivity index (χ2n) is 2.69. The summed E-state index contributed by atoms with van der Waals surface area (Å²) in [5, 5.41) is 0. The van der Waals surface area contributed by atoms with Crippen molar-refractivity contribution in [3.05, 3.63) is 23.9 Å². The van der Waals surface area contributed by atoms with Gasteiger partial charge in [-0.25, -0.2) is 4.98 Å². The van der Waals surface area contributed by atoms with E-state index < -0.39 is 0 Å². The molecular formula is C9H14N2O2. The van der Waals surface area contributed by atoms with E-state index in [0.29, 0.717) is 12.5 Å². The van der Waals surface area contributed by atoms with Crippen molar-refractivity contribution in [1.82, 2.24) is 4.98 Å². The first-order valence-electron chi connectivity index (χ1n) is 4.02. The van der Waals surface area contributed by atoms with E-state index in [2.05, 4.69) is 4.98 Å². The molecule has 2 N–H and O–H groups in total. The molecule has 4 nitrogen and oxygen atoms in total. The Labute approximate surface area is 77.7 Å². The smallest absolute Gasteiger partial charge is 0.213 e. The fourth-order valence-electron chi connectivity index (χ4n) is 1.04. The van der Waals surface area contributed by atoms with Crippen molar-refractivity contribution in [3.63, 3.8) is 0 Å². The zero-order chi connectivity index (χ0) is 9.68. The van der Waals surface area contributed by atoms with Crippen LogP contribution >= 0.6 is 0 Å². The molecule has 0 saturated carbocycles. The molecule has 1 heterocycles. The number of pyridine rings is 1. The number of methoxy groups -OCH3 is 2. The molecule has 0 saturated heterocycles. The summed E-state index contributed by atoms with van der Waals surface area (Å²) in [6.07, 6.45) is 1.67. The van der Waals surface area contributed by atoms with E-state index >= 15 is 0 Å². The van der Waals surface area contributed by atoms with Gasteiger partial charge in [0.2, 0.25) is 5.88 Å². The Morgan fingerprint density at radius 2 is 2.31 bits per heavy atom. The Hall–Kier alpha value is -1.13. The quantitative estimate of drug-likeness (QED) is 0.746. The summed E-state index contributed by atoms with van der Waals surface area (Å²) in [5.74, 6) is 0.573. The summed E-state index contributed by atoms with van der Waals surface area (Å²) in [6, 6.07) is 3.54. The molecule has 72 valence electrons. The van der Waals surface area contributed by atoms with Crippen LogP contribution in [0.1, 0.15) is 11.6 Å². The van der Waals surface area contributed by atoms with Crippen molar-refractivity contribution in [2.45, 2.75) is 6.04 Å². The molecule has 1 aromatic rings. The van der Waals surface area contributed by atoms with Gasteiger partial charge in [0.05, 0.1) is 19.8 Å². The molecule has 0 aliphatic heterocycles. The lowest BCUT2D eigenvalue weighted by atomic mass is 10.1. The molecule has 1 atom stereocenters. The molecular weight excluding hydrogens is 168 g/mol. The monoisotopic (exact) mass is 182 g/mol. The molecule has 0 spiro atoms. The number of hydrogen-bond acceptors (Lipinski definition) is 4. The normalized spacial score (nSPS) is 12.5. The molecule has 0 aliphatic carbocycles. The minimum atomic E-state index is -0.123. The van der Waals surface area contributed by atoms with Crippen LogP contribution < -0.4 is 10.5 Å². The van der Waals surface area contributed by atoms with Crippen molar-refractivity contribution >= 4 is 0 Å². The van der Waals surface area contributed by atoms with Crippen molar-refractivity contribution in [2.24, 2.45) is 5.73 Å². The van der Waals surface area contributed by atoms with Crippen LogP contribution in [-0.2, 0) is 4.74 Å². The summed E-state index contributed by atoms with van der Waals surface area (Å²) in [4.78, 5) is 3.98. The van der Waals surface area contributed by atoms with Crippen molar-refractivity contribution in [1.29, 1.82) is 0 Å². The minimum Gasteiger partial charge on any atom is -0.481 e. The maximum absolute atomic E-state index is 5.82. The predicted molar refractivity (Wildman–Crippen MR) is 49.6 cm³/mol. The van der Waals surface area contributed by atoms with E-state index in [1.165, 1.54) is 0 Å². The lowest BCUT2D eigenvalue weighted by Gasteiger charge is -2.10. The lowest BCUT2D eigenvalue weighted by molar-refractivity contribution is 0.181. The molecule has 1 aromatic heterocycles. The summed E-state index contributed by atoms with van der Waals surface area (Å²) >= 11 is 0. The molecule has 0 fully saturated rings. The van der Waals surface area contributed by atoms with Gasteiger partial charge >= 0.3 is 0 Å². The number of rotatable bonds is 4. The van der Waals surface area contributed by atoms with Crippen LogP contribution in [0.2, 0.25) is 0 Å². The molecule has 4 heteroatoms. The molecule has 0 aromatic carbocycles. The topological polar surface area (TPSA) is 57.4 Å². The third-order valence-electron chi connectivity index (χ3n) is 1.74. The predicted octanol–water partition coefficient (Wildman–Crippen LogP) is 0.736. The highest BCUT2D eigenvalue weighted by molar-refractivity contribution is 5.23. The van der Waals surface area contributed by atoms with Gasteiger partial charge in [-0.2, -0.15) is 0 Å². The first-order chi connectivity index (χ1) is 6.27. The highest BCUT2D eigenvalue weighted by atomic mass is 16.5. The Balaban J connectivity index is 2.75. The van der Waals surface area contributed by atoms with Crippen LogP contribution in [0, 0.1) is 0 Å². The maximum atomic E-state index is 5.82. The van der Waals surface area contributed by atoms with Crippen LogP contribution in [0.3, 0.4) is 0 Å². The Morgan fingerprint density at radius 1 is 1.54 bits per heavy atom. The average molecular weight is 182 g/mol. The van der Waals surface area contributed by atoms with Gasteiger partial charge in [-0.15, -0.1) is 0 Å². The fourth-order valence-corrected chi connectivity index (χ4v) is 1.04. The van der Waals surface area contributed by atoms with Gasteiger partial charge in [0.1, 0.15) is 0 Å². The van der Waals surface area contributed by atoms with Gasteiger partial charge in [-0.05, 0) is 11.6 Å². The van der Waals surface area contributed by atoms with Crippen molar-refractivity contribution in [3.8, 4) is 5.88 Å². The minimum absolute atomic E-state index is 0.123. The SMILES string of the molecule is COC[C@H](N)c1ccnc(OC)c1. The highest BCUT2D eigenvalue weighted by Crippen LogP contribution is 2.14. The van der Waals surface area contributed by atoms with Crippen LogP contribution in [0.4, 0.5) is 0 Å². The number of aromatic nitrogens is 1. The fraction of sp³-hybridized carbons (Fsp3) is 0.444. The summed E-state index contributed by atoms with van der Waals surface area (Å²) in [5.41, 5.74) is 6.79. The Morgan fingerprint density at radius 3 is 2.92 bits per heavy atom. The van der Waals surface area contributed by atoms with Gasteiger partial charge in [0.15, 0.2) is 0 Å². The molecule has 13 heavy (non-hydrogen) atoms. The molecule has 0 radical (unpaired) electrons. The number of nitrogens with two attached hydrogens (primary N) is 1.